The molecule has 7 nitrogen and oxygen atoms in total. The number of methoxy groups -OCH3 is 1. The molecule has 2 heterocycles. The van der Waals surface area contributed by atoms with Gasteiger partial charge in [-0.3, -0.25) is 4.79 Å². The maximum atomic E-state index is 12.8. The summed E-state index contributed by atoms with van der Waals surface area (Å²) in [4.78, 5) is 19.1. The van der Waals surface area contributed by atoms with Gasteiger partial charge >= 0.3 is 0 Å². The van der Waals surface area contributed by atoms with Crippen LogP contribution in [0.1, 0.15) is 5.56 Å². The number of aliphatic imine (C=N–C) groups is 1. The molecule has 0 aliphatic carbocycles. The zero-order valence-electron chi connectivity index (χ0n) is 19.0. The van der Waals surface area contributed by atoms with Gasteiger partial charge in [-0.1, -0.05) is 42.1 Å². The number of hydrogen-bond donors (Lipinski definition) is 0. The number of para-hydroxylation sites is 1. The molecule has 2 fully saturated rings. The lowest BCUT2D eigenvalue weighted by molar-refractivity contribution is -0.117. The summed E-state index contributed by atoms with van der Waals surface area (Å²) in [5.41, 5.74) is 1.61. The third kappa shape index (κ3) is 5.36. The number of amides is 1. The Balaban J connectivity index is 1.38. The number of thioether (sulfide) groups is 1. The lowest BCUT2D eigenvalue weighted by Crippen LogP contribution is -2.37. The summed E-state index contributed by atoms with van der Waals surface area (Å²) in [7, 11) is -1.55. The summed E-state index contributed by atoms with van der Waals surface area (Å²) in [5.74, 6) is 1.95. The molecule has 180 valence electrons. The Hall–Kier alpha value is -3.30. The van der Waals surface area contributed by atoms with E-state index in [9.17, 15) is 13.2 Å². The highest BCUT2D eigenvalue weighted by Gasteiger charge is 2.49. The van der Waals surface area contributed by atoms with E-state index in [2.05, 4.69) is 4.99 Å². The number of carbonyl (C=O) groups is 1. The van der Waals surface area contributed by atoms with Crippen LogP contribution in [0.3, 0.4) is 0 Å². The largest absolute Gasteiger partial charge is 0.497 e. The predicted octanol–water partition coefficient (Wildman–Crippen LogP) is 4.33. The van der Waals surface area contributed by atoms with Gasteiger partial charge in [-0.15, -0.1) is 0 Å². The normalized spacial score (nSPS) is 21.6. The van der Waals surface area contributed by atoms with Gasteiger partial charge in [-0.25, -0.2) is 8.42 Å². The number of anilines is 1. The van der Waals surface area contributed by atoms with E-state index in [0.717, 1.165) is 22.7 Å². The molecule has 1 amide bonds. The molecule has 0 N–H and O–H groups in total. The average Bonchev–Trinajstić information content (AvgIpc) is 3.31. The van der Waals surface area contributed by atoms with E-state index in [1.807, 2.05) is 71.6 Å². The van der Waals surface area contributed by atoms with Gasteiger partial charge in [0.1, 0.15) is 17.2 Å². The summed E-state index contributed by atoms with van der Waals surface area (Å²) in [6.07, 6.45) is 0.152. The number of hydrogen-bond acceptors (Lipinski definition) is 6. The van der Waals surface area contributed by atoms with Crippen LogP contribution in [0.4, 0.5) is 5.69 Å². The number of nitrogens with zero attached hydrogens (tertiary/aromatic N) is 2. The highest BCUT2D eigenvalue weighted by atomic mass is 32.2. The number of amidine groups is 1. The Kier molecular flexibility index (Phi) is 6.53. The highest BCUT2D eigenvalue weighted by Crippen LogP contribution is 2.41. The molecule has 5 rings (SSSR count). The van der Waals surface area contributed by atoms with Crippen molar-refractivity contribution in [2.24, 2.45) is 4.99 Å². The molecule has 2 atom stereocenters. The minimum Gasteiger partial charge on any atom is -0.497 e. The Morgan fingerprint density at radius 3 is 2.29 bits per heavy atom. The smallest absolute Gasteiger partial charge is 0.252 e. The van der Waals surface area contributed by atoms with Gasteiger partial charge in [0.05, 0.1) is 31.1 Å². The standard InChI is InChI=1S/C26H24N2O5S2/c1-32-20-11-7-18(8-12-20)15-25(29)27-26-28(23-16-35(30,31)17-24(23)34-26)19-9-13-22(14-10-19)33-21-5-3-2-4-6-21/h2-14,23-24H,15-17H2,1H3/t23-,24-/m0/s1. The van der Waals surface area contributed by atoms with Crippen LogP contribution in [0.25, 0.3) is 0 Å². The molecule has 2 aliphatic rings. The number of sulfone groups is 1. The van der Waals surface area contributed by atoms with Crippen LogP contribution in [0, 0.1) is 0 Å². The molecule has 0 saturated carbocycles. The molecule has 0 bridgehead atoms. The third-order valence-electron chi connectivity index (χ3n) is 5.90. The van der Waals surface area contributed by atoms with Crippen molar-refractivity contribution in [2.75, 3.05) is 23.5 Å². The highest BCUT2D eigenvalue weighted by molar-refractivity contribution is 8.16. The van der Waals surface area contributed by atoms with Gasteiger partial charge in [0.2, 0.25) is 0 Å². The maximum absolute atomic E-state index is 12.8. The fraction of sp³-hybridized carbons (Fsp3) is 0.231. The van der Waals surface area contributed by atoms with Gasteiger partial charge < -0.3 is 14.4 Å². The minimum atomic E-state index is -3.14. The molecule has 2 saturated heterocycles. The van der Waals surface area contributed by atoms with E-state index in [-0.39, 0.29) is 35.1 Å². The van der Waals surface area contributed by atoms with Gasteiger partial charge in [-0.05, 0) is 54.1 Å². The predicted molar refractivity (Wildman–Crippen MR) is 138 cm³/mol. The van der Waals surface area contributed by atoms with Crippen molar-refractivity contribution >= 4 is 38.4 Å². The lowest BCUT2D eigenvalue weighted by Gasteiger charge is -2.24. The number of carbonyl (C=O) groups excluding carboxylic acids is 1. The number of benzene rings is 3. The summed E-state index contributed by atoms with van der Waals surface area (Å²) in [5, 5.41) is 0.373. The van der Waals surface area contributed by atoms with E-state index in [1.54, 1.807) is 19.2 Å². The zero-order chi connectivity index (χ0) is 24.4. The van der Waals surface area contributed by atoms with E-state index >= 15 is 0 Å². The van der Waals surface area contributed by atoms with Crippen molar-refractivity contribution in [1.29, 1.82) is 0 Å². The average molecular weight is 509 g/mol. The Morgan fingerprint density at radius 1 is 0.943 bits per heavy atom. The first-order valence-electron chi connectivity index (χ1n) is 11.1. The van der Waals surface area contributed by atoms with Crippen LogP contribution < -0.4 is 14.4 Å². The summed E-state index contributed by atoms with van der Waals surface area (Å²) in [6, 6.07) is 23.9. The summed E-state index contributed by atoms with van der Waals surface area (Å²) >= 11 is 1.36. The van der Waals surface area contributed by atoms with Gasteiger partial charge in [-0.2, -0.15) is 4.99 Å². The molecule has 0 aromatic heterocycles. The van der Waals surface area contributed by atoms with Gasteiger partial charge in [0.25, 0.3) is 5.91 Å². The topological polar surface area (TPSA) is 85.3 Å². The van der Waals surface area contributed by atoms with Crippen molar-refractivity contribution in [1.82, 2.24) is 0 Å². The Morgan fingerprint density at radius 2 is 1.60 bits per heavy atom. The Bertz CT molecular complexity index is 1340. The van der Waals surface area contributed by atoms with Crippen LogP contribution in [-0.4, -0.2) is 49.4 Å². The number of ether oxygens (including phenoxy) is 2. The lowest BCUT2D eigenvalue weighted by atomic mass is 10.1. The van der Waals surface area contributed by atoms with Crippen molar-refractivity contribution in [2.45, 2.75) is 17.7 Å². The summed E-state index contributed by atoms with van der Waals surface area (Å²) < 4.78 is 35.7. The summed E-state index contributed by atoms with van der Waals surface area (Å²) in [6.45, 7) is 0. The number of fused-ring (bicyclic) bond motifs is 1. The Labute approximate surface area is 208 Å². The van der Waals surface area contributed by atoms with Crippen molar-refractivity contribution in [3.05, 3.63) is 84.4 Å². The second kappa shape index (κ2) is 9.75. The van der Waals surface area contributed by atoms with E-state index < -0.39 is 9.84 Å². The third-order valence-corrected chi connectivity index (χ3v) is 9.10. The molecule has 0 radical (unpaired) electrons. The second-order valence-corrected chi connectivity index (χ2v) is 11.8. The van der Waals surface area contributed by atoms with Gasteiger partial charge in [0, 0.05) is 10.9 Å². The van der Waals surface area contributed by atoms with Crippen LogP contribution in [0.2, 0.25) is 0 Å². The number of rotatable bonds is 6. The molecule has 0 spiro atoms. The van der Waals surface area contributed by atoms with Crippen LogP contribution in [0.5, 0.6) is 17.2 Å². The first kappa shape index (κ1) is 23.4. The van der Waals surface area contributed by atoms with Crippen molar-refractivity contribution in [3.63, 3.8) is 0 Å². The van der Waals surface area contributed by atoms with Crippen LogP contribution in [-0.2, 0) is 21.1 Å². The molecule has 0 unspecified atom stereocenters. The fourth-order valence-corrected chi connectivity index (χ4v) is 8.16. The minimum absolute atomic E-state index is 0.0403. The first-order chi connectivity index (χ1) is 16.9. The van der Waals surface area contributed by atoms with E-state index in [4.69, 9.17) is 9.47 Å². The molecular formula is C26H24N2O5S2. The molecule has 9 heteroatoms. The molecular weight excluding hydrogens is 484 g/mol. The zero-order valence-corrected chi connectivity index (χ0v) is 20.7. The SMILES string of the molecule is COc1ccc(CC(=O)N=C2S[C@H]3CS(=O)(=O)C[C@@H]3N2c2ccc(Oc3ccccc3)cc2)cc1. The first-order valence-corrected chi connectivity index (χ1v) is 13.8. The van der Waals surface area contributed by atoms with E-state index in [0.29, 0.717) is 10.9 Å². The van der Waals surface area contributed by atoms with Crippen LogP contribution in [0.15, 0.2) is 83.9 Å². The van der Waals surface area contributed by atoms with E-state index in [1.165, 1.54) is 11.8 Å². The molecule has 2 aliphatic heterocycles. The van der Waals surface area contributed by atoms with Crippen LogP contribution >= 0.6 is 11.8 Å². The second-order valence-electron chi connectivity index (χ2n) is 8.39. The molecule has 3 aromatic rings. The molecule has 35 heavy (non-hydrogen) atoms. The van der Waals surface area contributed by atoms with Crippen molar-refractivity contribution in [3.8, 4) is 17.2 Å². The monoisotopic (exact) mass is 508 g/mol. The maximum Gasteiger partial charge on any atom is 0.252 e. The van der Waals surface area contributed by atoms with Gasteiger partial charge in [0.15, 0.2) is 15.0 Å². The molecule has 3 aromatic carbocycles. The fourth-order valence-electron chi connectivity index (χ4n) is 4.23. The van der Waals surface area contributed by atoms with Crippen molar-refractivity contribution < 1.29 is 22.7 Å². The quantitative estimate of drug-likeness (QED) is 0.490.